The third-order valence-electron chi connectivity index (χ3n) is 2.34. The molecule has 1 aromatic carbocycles. The van der Waals surface area contributed by atoms with Gasteiger partial charge in [-0.1, -0.05) is 23.7 Å². The Labute approximate surface area is 117 Å². The maximum Gasteiger partial charge on any atom is 0.573 e. The number of pyridine rings is 1. The highest BCUT2D eigenvalue weighted by Gasteiger charge is 2.31. The van der Waals surface area contributed by atoms with E-state index in [9.17, 15) is 13.2 Å². The lowest BCUT2D eigenvalue weighted by molar-refractivity contribution is -0.274. The van der Waals surface area contributed by atoms with Gasteiger partial charge < -0.3 is 4.74 Å². The average Bonchev–Trinajstić information content (AvgIpc) is 2.37. The number of ether oxygens (including phenoxy) is 1. The van der Waals surface area contributed by atoms with E-state index in [1.165, 1.54) is 36.5 Å². The molecule has 0 bridgehead atoms. The fraction of sp³-hybridized carbons (Fsp3) is 0.0769. The Bertz CT molecular complexity index is 680. The number of rotatable bonds is 2. The monoisotopic (exact) mass is 298 g/mol. The van der Waals surface area contributed by atoms with E-state index < -0.39 is 6.36 Å². The minimum Gasteiger partial charge on any atom is -0.406 e. The molecule has 2 rings (SSSR count). The normalized spacial score (nSPS) is 10.9. The van der Waals surface area contributed by atoms with Crippen LogP contribution in [0.2, 0.25) is 5.02 Å². The third kappa shape index (κ3) is 3.39. The smallest absolute Gasteiger partial charge is 0.406 e. The number of benzene rings is 1. The SMILES string of the molecule is N#Cc1ncc(Cl)cc1-c1cccc(OC(F)(F)F)c1. The van der Waals surface area contributed by atoms with Crippen molar-refractivity contribution in [1.82, 2.24) is 4.98 Å². The molecule has 20 heavy (non-hydrogen) atoms. The molecule has 0 saturated heterocycles. The summed E-state index contributed by atoms with van der Waals surface area (Å²) in [4.78, 5) is 3.82. The van der Waals surface area contributed by atoms with Crippen LogP contribution in [0.3, 0.4) is 0 Å². The van der Waals surface area contributed by atoms with Gasteiger partial charge in [0.2, 0.25) is 0 Å². The highest BCUT2D eigenvalue weighted by Crippen LogP contribution is 2.30. The van der Waals surface area contributed by atoms with Gasteiger partial charge in [-0.05, 0) is 23.8 Å². The molecule has 0 radical (unpaired) electrons. The topological polar surface area (TPSA) is 45.9 Å². The van der Waals surface area contributed by atoms with Gasteiger partial charge in [-0.25, -0.2) is 4.98 Å². The fourth-order valence-electron chi connectivity index (χ4n) is 1.61. The van der Waals surface area contributed by atoms with Gasteiger partial charge in [0.25, 0.3) is 0 Å². The van der Waals surface area contributed by atoms with Gasteiger partial charge in [0.15, 0.2) is 0 Å². The molecule has 1 heterocycles. The predicted molar refractivity (Wildman–Crippen MR) is 66.1 cm³/mol. The van der Waals surface area contributed by atoms with Crippen molar-refractivity contribution >= 4 is 11.6 Å². The van der Waals surface area contributed by atoms with Crippen molar-refractivity contribution in [3.8, 4) is 22.9 Å². The van der Waals surface area contributed by atoms with Gasteiger partial charge in [0.1, 0.15) is 17.5 Å². The Kier molecular flexibility index (Phi) is 3.81. The van der Waals surface area contributed by atoms with Crippen LogP contribution in [0.15, 0.2) is 36.5 Å². The summed E-state index contributed by atoms with van der Waals surface area (Å²) in [5.41, 5.74) is 0.768. The maximum absolute atomic E-state index is 12.2. The van der Waals surface area contributed by atoms with Gasteiger partial charge >= 0.3 is 6.36 Å². The molecule has 0 aliphatic heterocycles. The zero-order valence-corrected chi connectivity index (χ0v) is 10.5. The first kappa shape index (κ1) is 14.2. The number of nitriles is 1. The Morgan fingerprint density at radius 2 is 2.00 bits per heavy atom. The predicted octanol–water partition coefficient (Wildman–Crippen LogP) is 4.17. The van der Waals surface area contributed by atoms with E-state index in [2.05, 4.69) is 9.72 Å². The summed E-state index contributed by atoms with van der Waals surface area (Å²) in [5.74, 6) is -0.376. The molecule has 2 aromatic rings. The number of aromatic nitrogens is 1. The van der Waals surface area contributed by atoms with E-state index in [1.54, 1.807) is 0 Å². The molecule has 0 unspecified atom stereocenters. The molecule has 0 spiro atoms. The minimum atomic E-state index is -4.77. The van der Waals surface area contributed by atoms with Crippen LogP contribution in [0.1, 0.15) is 5.69 Å². The second-order valence-electron chi connectivity index (χ2n) is 3.74. The van der Waals surface area contributed by atoms with E-state index in [0.29, 0.717) is 11.1 Å². The summed E-state index contributed by atoms with van der Waals surface area (Å²) < 4.78 is 40.4. The van der Waals surface area contributed by atoms with E-state index in [1.807, 2.05) is 6.07 Å². The summed E-state index contributed by atoms with van der Waals surface area (Å²) in [5, 5.41) is 9.24. The van der Waals surface area contributed by atoms with E-state index >= 15 is 0 Å². The third-order valence-corrected chi connectivity index (χ3v) is 2.55. The molecule has 1 aromatic heterocycles. The fourth-order valence-corrected chi connectivity index (χ4v) is 1.77. The maximum atomic E-state index is 12.2. The van der Waals surface area contributed by atoms with Crippen molar-refractivity contribution in [1.29, 1.82) is 5.26 Å². The Morgan fingerprint density at radius 3 is 2.65 bits per heavy atom. The molecule has 3 nitrogen and oxygen atoms in total. The lowest BCUT2D eigenvalue weighted by atomic mass is 10.0. The Balaban J connectivity index is 2.46. The number of hydrogen-bond acceptors (Lipinski definition) is 3. The van der Waals surface area contributed by atoms with Gasteiger partial charge in [0.05, 0.1) is 5.02 Å². The molecule has 0 saturated carbocycles. The summed E-state index contributed by atoms with van der Waals surface area (Å²) in [6.45, 7) is 0. The first-order valence-corrected chi connectivity index (χ1v) is 5.68. The lowest BCUT2D eigenvalue weighted by Gasteiger charge is -2.10. The standard InChI is InChI=1S/C13H6ClF3N2O/c14-9-5-11(12(6-18)19-7-9)8-2-1-3-10(4-8)20-13(15,16)17/h1-5,7H. The first-order chi connectivity index (χ1) is 9.39. The largest absolute Gasteiger partial charge is 0.573 e. The van der Waals surface area contributed by atoms with E-state index in [0.717, 1.165) is 0 Å². The highest BCUT2D eigenvalue weighted by molar-refractivity contribution is 6.30. The Hall–Kier alpha value is -2.26. The van der Waals surface area contributed by atoms with Crippen molar-refractivity contribution in [2.24, 2.45) is 0 Å². The molecule has 0 aliphatic carbocycles. The molecular weight excluding hydrogens is 293 g/mol. The molecule has 0 atom stereocenters. The van der Waals surface area contributed by atoms with Gasteiger partial charge in [-0.2, -0.15) is 5.26 Å². The first-order valence-electron chi connectivity index (χ1n) is 5.31. The van der Waals surface area contributed by atoms with Crippen LogP contribution in [0, 0.1) is 11.3 Å². The van der Waals surface area contributed by atoms with Crippen LogP contribution in [0.4, 0.5) is 13.2 Å². The summed E-state index contributed by atoms with van der Waals surface area (Å²) in [6, 6.07) is 8.58. The van der Waals surface area contributed by atoms with Crippen molar-refractivity contribution in [2.75, 3.05) is 0 Å². The average molecular weight is 299 g/mol. The summed E-state index contributed by atoms with van der Waals surface area (Å²) in [6.07, 6.45) is -3.48. The molecule has 0 aliphatic rings. The zero-order valence-electron chi connectivity index (χ0n) is 9.78. The number of hydrogen-bond donors (Lipinski definition) is 0. The van der Waals surface area contributed by atoms with Crippen molar-refractivity contribution in [3.05, 3.63) is 47.2 Å². The number of halogens is 4. The van der Waals surface area contributed by atoms with Gasteiger partial charge in [-0.15, -0.1) is 13.2 Å². The number of nitrogens with zero attached hydrogens (tertiary/aromatic N) is 2. The summed E-state index contributed by atoms with van der Waals surface area (Å²) in [7, 11) is 0. The quantitative estimate of drug-likeness (QED) is 0.836. The second kappa shape index (κ2) is 5.39. The van der Waals surface area contributed by atoms with Crippen molar-refractivity contribution in [3.63, 3.8) is 0 Å². The van der Waals surface area contributed by atoms with Crippen LogP contribution in [0.25, 0.3) is 11.1 Å². The molecule has 0 amide bonds. The minimum absolute atomic E-state index is 0.0681. The molecule has 7 heteroatoms. The lowest BCUT2D eigenvalue weighted by Crippen LogP contribution is -2.17. The number of alkyl halides is 3. The summed E-state index contributed by atoms with van der Waals surface area (Å²) >= 11 is 5.79. The molecule has 0 fully saturated rings. The van der Waals surface area contributed by atoms with Crippen LogP contribution >= 0.6 is 11.6 Å². The van der Waals surface area contributed by atoms with Gasteiger partial charge in [0, 0.05) is 11.8 Å². The molecule has 0 N–H and O–H groups in total. The van der Waals surface area contributed by atoms with Crippen molar-refractivity contribution in [2.45, 2.75) is 6.36 Å². The highest BCUT2D eigenvalue weighted by atomic mass is 35.5. The van der Waals surface area contributed by atoms with Crippen LogP contribution in [0.5, 0.6) is 5.75 Å². The zero-order chi connectivity index (χ0) is 14.8. The van der Waals surface area contributed by atoms with Crippen LogP contribution < -0.4 is 4.74 Å². The van der Waals surface area contributed by atoms with Gasteiger partial charge in [-0.3, -0.25) is 0 Å². The van der Waals surface area contributed by atoms with Crippen molar-refractivity contribution < 1.29 is 17.9 Å². The molecular formula is C13H6ClF3N2O. The van der Waals surface area contributed by atoms with E-state index in [4.69, 9.17) is 16.9 Å². The van der Waals surface area contributed by atoms with Crippen LogP contribution in [-0.4, -0.2) is 11.3 Å². The Morgan fingerprint density at radius 1 is 1.25 bits per heavy atom. The van der Waals surface area contributed by atoms with E-state index in [-0.39, 0.29) is 16.5 Å². The van der Waals surface area contributed by atoms with Crippen LogP contribution in [-0.2, 0) is 0 Å². The molecule has 102 valence electrons. The second-order valence-corrected chi connectivity index (χ2v) is 4.17.